The molecular weight excluding hydrogens is 250 g/mol. The van der Waals surface area contributed by atoms with Crippen LogP contribution in [0.2, 0.25) is 0 Å². The predicted octanol–water partition coefficient (Wildman–Crippen LogP) is 1.22. The van der Waals surface area contributed by atoms with E-state index in [0.717, 1.165) is 5.06 Å². The van der Waals surface area contributed by atoms with E-state index in [1.807, 2.05) is 0 Å². The van der Waals surface area contributed by atoms with Crippen LogP contribution >= 0.6 is 0 Å². The minimum absolute atomic E-state index is 0.215. The van der Waals surface area contributed by atoms with Gasteiger partial charge in [0.15, 0.2) is 0 Å². The lowest BCUT2D eigenvalue weighted by Gasteiger charge is -2.13. The van der Waals surface area contributed by atoms with Crippen LogP contribution in [0.1, 0.15) is 27.1 Å². The molecule has 19 heavy (non-hydrogen) atoms. The van der Waals surface area contributed by atoms with Crippen LogP contribution in [0.15, 0.2) is 24.3 Å². The summed E-state index contributed by atoms with van der Waals surface area (Å²) in [4.78, 5) is 29.0. The Balaban J connectivity index is 1.83. The normalized spacial score (nSPS) is 14.1. The average molecular weight is 265 g/mol. The third kappa shape index (κ3) is 2.98. The number of rotatable bonds is 7. The maximum atomic E-state index is 11.9. The van der Waals surface area contributed by atoms with Gasteiger partial charge in [-0.3, -0.25) is 14.4 Å². The smallest absolute Gasteiger partial charge is 0.285 e. The summed E-state index contributed by atoms with van der Waals surface area (Å²) in [6, 6.07) is 6.65. The number of benzene rings is 1. The van der Waals surface area contributed by atoms with Crippen LogP contribution in [-0.4, -0.2) is 44.0 Å². The number of ether oxygens (including phenoxy) is 2. The first-order valence-electron chi connectivity index (χ1n) is 5.93. The first-order chi connectivity index (χ1) is 9.25. The van der Waals surface area contributed by atoms with E-state index in [4.69, 9.17) is 14.3 Å². The van der Waals surface area contributed by atoms with Crippen molar-refractivity contribution in [3.8, 4) is 0 Å². The van der Waals surface area contributed by atoms with Gasteiger partial charge in [-0.15, -0.1) is 5.06 Å². The van der Waals surface area contributed by atoms with Crippen LogP contribution in [-0.2, 0) is 14.3 Å². The van der Waals surface area contributed by atoms with Crippen molar-refractivity contribution < 1.29 is 23.9 Å². The second-order valence-electron chi connectivity index (χ2n) is 3.95. The minimum atomic E-state index is -0.418. The van der Waals surface area contributed by atoms with Crippen molar-refractivity contribution in [2.45, 2.75) is 6.42 Å². The zero-order valence-electron chi connectivity index (χ0n) is 10.6. The molecule has 0 bridgehead atoms. The third-order valence-electron chi connectivity index (χ3n) is 2.61. The second kappa shape index (κ2) is 6.42. The number of carbonyl (C=O) groups is 2. The van der Waals surface area contributed by atoms with Crippen LogP contribution in [0.25, 0.3) is 0 Å². The van der Waals surface area contributed by atoms with Gasteiger partial charge in [0.1, 0.15) is 6.79 Å². The van der Waals surface area contributed by atoms with Crippen LogP contribution in [0.3, 0.4) is 0 Å². The summed E-state index contributed by atoms with van der Waals surface area (Å²) >= 11 is 0. The van der Waals surface area contributed by atoms with Crippen molar-refractivity contribution in [1.82, 2.24) is 5.06 Å². The fourth-order valence-corrected chi connectivity index (χ4v) is 1.74. The second-order valence-corrected chi connectivity index (χ2v) is 3.95. The molecule has 0 atom stereocenters. The Morgan fingerprint density at radius 3 is 2.26 bits per heavy atom. The van der Waals surface area contributed by atoms with Crippen molar-refractivity contribution >= 4 is 11.8 Å². The lowest BCUT2D eigenvalue weighted by atomic mass is 10.1. The van der Waals surface area contributed by atoms with Gasteiger partial charge in [0.2, 0.25) is 0 Å². The molecule has 6 heteroatoms. The quantitative estimate of drug-likeness (QED) is 0.421. The highest BCUT2D eigenvalue weighted by molar-refractivity contribution is 6.20. The zero-order valence-corrected chi connectivity index (χ0v) is 10.6. The van der Waals surface area contributed by atoms with Gasteiger partial charge in [-0.05, 0) is 18.6 Å². The maximum Gasteiger partial charge on any atom is 0.285 e. The summed E-state index contributed by atoms with van der Waals surface area (Å²) < 4.78 is 9.79. The van der Waals surface area contributed by atoms with Gasteiger partial charge in [-0.2, -0.15) is 0 Å². The number of imide groups is 1. The van der Waals surface area contributed by atoms with Gasteiger partial charge in [0.25, 0.3) is 11.8 Å². The Morgan fingerprint density at radius 2 is 1.68 bits per heavy atom. The number of carbonyl (C=O) groups excluding carboxylic acids is 2. The maximum absolute atomic E-state index is 11.9. The van der Waals surface area contributed by atoms with Gasteiger partial charge in [-0.1, -0.05) is 12.1 Å². The zero-order chi connectivity index (χ0) is 13.7. The number of fused-ring (bicyclic) bond motifs is 1. The molecular formula is C13H15NO5. The van der Waals surface area contributed by atoms with Gasteiger partial charge in [0.05, 0.1) is 24.3 Å². The molecule has 0 saturated carbocycles. The summed E-state index contributed by atoms with van der Waals surface area (Å²) in [5, 5.41) is 0.807. The van der Waals surface area contributed by atoms with Crippen LogP contribution in [0.4, 0.5) is 0 Å². The van der Waals surface area contributed by atoms with E-state index < -0.39 is 11.8 Å². The molecule has 0 spiro atoms. The monoisotopic (exact) mass is 265 g/mol. The van der Waals surface area contributed by atoms with Crippen LogP contribution < -0.4 is 0 Å². The van der Waals surface area contributed by atoms with E-state index >= 15 is 0 Å². The molecule has 1 heterocycles. The molecule has 1 aliphatic rings. The Morgan fingerprint density at radius 1 is 1.05 bits per heavy atom. The molecule has 1 aromatic carbocycles. The van der Waals surface area contributed by atoms with E-state index in [1.54, 1.807) is 24.3 Å². The molecule has 0 unspecified atom stereocenters. The summed E-state index contributed by atoms with van der Waals surface area (Å²) in [6.45, 7) is 0.888. The topological polar surface area (TPSA) is 65.1 Å². The highest BCUT2D eigenvalue weighted by Gasteiger charge is 2.36. The fraction of sp³-hybridized carbons (Fsp3) is 0.385. The fourth-order valence-electron chi connectivity index (χ4n) is 1.74. The van der Waals surface area contributed by atoms with Crippen molar-refractivity contribution in [1.29, 1.82) is 0 Å². The number of methoxy groups -OCH3 is 1. The number of hydrogen-bond donors (Lipinski definition) is 0. The first-order valence-corrected chi connectivity index (χ1v) is 5.93. The Kier molecular flexibility index (Phi) is 4.62. The standard InChI is InChI=1S/C13H15NO5/c1-17-9-18-7-4-8-19-14-12(15)10-5-2-3-6-11(10)13(14)16/h2-3,5-6H,4,7-9H2,1H3. The minimum Gasteiger partial charge on any atom is -0.359 e. The summed E-state index contributed by atoms with van der Waals surface area (Å²) in [5.41, 5.74) is 0.756. The summed E-state index contributed by atoms with van der Waals surface area (Å²) in [6.07, 6.45) is 0.566. The third-order valence-corrected chi connectivity index (χ3v) is 2.61. The molecule has 6 nitrogen and oxygen atoms in total. The SMILES string of the molecule is COCOCCCON1C(=O)c2ccccc2C1=O. The van der Waals surface area contributed by atoms with Gasteiger partial charge in [0, 0.05) is 7.11 Å². The molecule has 2 rings (SSSR count). The van der Waals surface area contributed by atoms with Crippen LogP contribution in [0.5, 0.6) is 0 Å². The molecule has 0 N–H and O–H groups in total. The van der Waals surface area contributed by atoms with E-state index in [1.165, 1.54) is 7.11 Å². The molecule has 102 valence electrons. The summed E-state index contributed by atoms with van der Waals surface area (Å²) in [5.74, 6) is -0.836. The molecule has 0 radical (unpaired) electrons. The van der Waals surface area contributed by atoms with Crippen molar-refractivity contribution in [2.24, 2.45) is 0 Å². The van der Waals surface area contributed by atoms with E-state index in [2.05, 4.69) is 0 Å². The molecule has 0 fully saturated rings. The van der Waals surface area contributed by atoms with Gasteiger partial charge < -0.3 is 9.47 Å². The van der Waals surface area contributed by atoms with E-state index in [9.17, 15) is 9.59 Å². The lowest BCUT2D eigenvalue weighted by Crippen LogP contribution is -2.30. The average Bonchev–Trinajstić information content (AvgIpc) is 2.68. The van der Waals surface area contributed by atoms with E-state index in [0.29, 0.717) is 24.2 Å². The first kappa shape index (κ1) is 13.7. The molecule has 0 aliphatic carbocycles. The molecule has 1 aliphatic heterocycles. The van der Waals surface area contributed by atoms with Crippen LogP contribution in [0, 0.1) is 0 Å². The Bertz CT molecular complexity index is 439. The number of nitrogens with zero attached hydrogens (tertiary/aromatic N) is 1. The summed E-state index contributed by atoms with van der Waals surface area (Å²) in [7, 11) is 1.54. The Labute approximate surface area is 110 Å². The van der Waals surface area contributed by atoms with Crippen molar-refractivity contribution in [2.75, 3.05) is 27.1 Å². The van der Waals surface area contributed by atoms with Crippen molar-refractivity contribution in [3.05, 3.63) is 35.4 Å². The largest absolute Gasteiger partial charge is 0.359 e. The highest BCUT2D eigenvalue weighted by Crippen LogP contribution is 2.22. The predicted molar refractivity (Wildman–Crippen MR) is 65.3 cm³/mol. The number of amides is 2. The molecule has 0 saturated heterocycles. The molecule has 2 amide bonds. The number of hydrogen-bond acceptors (Lipinski definition) is 5. The molecule has 0 aromatic heterocycles. The Hall–Kier alpha value is -1.76. The van der Waals surface area contributed by atoms with Gasteiger partial charge in [-0.25, -0.2) is 0 Å². The highest BCUT2D eigenvalue weighted by atomic mass is 16.7. The lowest BCUT2D eigenvalue weighted by molar-refractivity contribution is -0.101. The van der Waals surface area contributed by atoms with E-state index in [-0.39, 0.29) is 13.4 Å². The van der Waals surface area contributed by atoms with Crippen molar-refractivity contribution in [3.63, 3.8) is 0 Å². The molecule has 1 aromatic rings. The van der Waals surface area contributed by atoms with Gasteiger partial charge >= 0.3 is 0 Å². The number of hydroxylamine groups is 2.